The molecular weight excluding hydrogens is 200 g/mol. The van der Waals surface area contributed by atoms with Crippen molar-refractivity contribution in [3.63, 3.8) is 0 Å². The van der Waals surface area contributed by atoms with Crippen molar-refractivity contribution in [3.8, 4) is 0 Å². The summed E-state index contributed by atoms with van der Waals surface area (Å²) in [6.07, 6.45) is 0.784. The van der Waals surface area contributed by atoms with E-state index in [-0.39, 0.29) is 11.9 Å². The average molecular weight is 212 g/mol. The normalized spacial score (nSPS) is 10.3. The summed E-state index contributed by atoms with van der Waals surface area (Å²) >= 11 is 1.28. The minimum atomic E-state index is -0.377. The molecule has 1 aromatic rings. The zero-order valence-corrected chi connectivity index (χ0v) is 9.18. The van der Waals surface area contributed by atoms with Gasteiger partial charge in [-0.3, -0.25) is 4.79 Å². The quantitative estimate of drug-likeness (QED) is 0.571. The standard InChI is InChI=1S/C10H12O3S/c1-6(2)9-7(10(12)13-3)5-14-8(9)4-11/h4-6H,1-3H3. The molecular formula is C10H12O3S. The molecule has 0 aliphatic carbocycles. The molecule has 0 N–H and O–H groups in total. The highest BCUT2D eigenvalue weighted by atomic mass is 32.1. The molecule has 0 atom stereocenters. The number of aldehydes is 1. The van der Waals surface area contributed by atoms with Crippen LogP contribution in [-0.2, 0) is 4.74 Å². The third-order valence-electron chi connectivity index (χ3n) is 1.95. The van der Waals surface area contributed by atoms with E-state index in [2.05, 4.69) is 4.74 Å². The van der Waals surface area contributed by atoms with Gasteiger partial charge in [-0.15, -0.1) is 11.3 Å². The minimum Gasteiger partial charge on any atom is -0.465 e. The molecule has 0 spiro atoms. The molecule has 3 nitrogen and oxygen atoms in total. The molecule has 0 saturated heterocycles. The molecule has 1 rings (SSSR count). The molecule has 0 fully saturated rings. The number of methoxy groups -OCH3 is 1. The van der Waals surface area contributed by atoms with Crippen LogP contribution in [0.5, 0.6) is 0 Å². The van der Waals surface area contributed by atoms with Gasteiger partial charge in [-0.1, -0.05) is 13.8 Å². The van der Waals surface area contributed by atoms with Gasteiger partial charge in [-0.05, 0) is 11.5 Å². The van der Waals surface area contributed by atoms with Gasteiger partial charge < -0.3 is 4.74 Å². The lowest BCUT2D eigenvalue weighted by Gasteiger charge is -2.06. The SMILES string of the molecule is COC(=O)c1csc(C=O)c1C(C)C. The van der Waals surface area contributed by atoms with Gasteiger partial charge >= 0.3 is 5.97 Å². The summed E-state index contributed by atoms with van der Waals surface area (Å²) < 4.78 is 4.64. The van der Waals surface area contributed by atoms with Gasteiger partial charge in [0.1, 0.15) is 0 Å². The first-order valence-corrected chi connectivity index (χ1v) is 5.14. The number of esters is 1. The molecule has 0 aliphatic rings. The number of rotatable bonds is 3. The maximum atomic E-state index is 11.3. The molecule has 1 heterocycles. The maximum absolute atomic E-state index is 11.3. The van der Waals surface area contributed by atoms with Crippen molar-refractivity contribution in [2.24, 2.45) is 0 Å². The zero-order valence-electron chi connectivity index (χ0n) is 8.37. The van der Waals surface area contributed by atoms with Crippen LogP contribution in [0.1, 0.15) is 45.4 Å². The molecule has 0 radical (unpaired) electrons. The lowest BCUT2D eigenvalue weighted by molar-refractivity contribution is 0.0599. The summed E-state index contributed by atoms with van der Waals surface area (Å²) in [5.74, 6) is -0.228. The van der Waals surface area contributed by atoms with E-state index >= 15 is 0 Å². The highest BCUT2D eigenvalue weighted by Crippen LogP contribution is 2.28. The number of hydrogen-bond acceptors (Lipinski definition) is 4. The summed E-state index contributed by atoms with van der Waals surface area (Å²) in [7, 11) is 1.34. The fourth-order valence-electron chi connectivity index (χ4n) is 1.34. The van der Waals surface area contributed by atoms with E-state index in [0.717, 1.165) is 11.8 Å². The fourth-order valence-corrected chi connectivity index (χ4v) is 2.33. The number of ether oxygens (including phenoxy) is 1. The van der Waals surface area contributed by atoms with E-state index in [9.17, 15) is 9.59 Å². The van der Waals surface area contributed by atoms with Crippen molar-refractivity contribution in [3.05, 3.63) is 21.4 Å². The summed E-state index contributed by atoms with van der Waals surface area (Å²) in [4.78, 5) is 22.7. The van der Waals surface area contributed by atoms with E-state index in [4.69, 9.17) is 0 Å². The molecule has 0 saturated carbocycles. The van der Waals surface area contributed by atoms with Crippen LogP contribution in [-0.4, -0.2) is 19.4 Å². The van der Waals surface area contributed by atoms with Crippen LogP contribution >= 0.6 is 11.3 Å². The van der Waals surface area contributed by atoms with Crippen LogP contribution in [0.3, 0.4) is 0 Å². The average Bonchev–Trinajstić information content (AvgIpc) is 2.59. The van der Waals surface area contributed by atoms with Crippen molar-refractivity contribution in [2.75, 3.05) is 7.11 Å². The Morgan fingerprint density at radius 2 is 2.21 bits per heavy atom. The smallest absolute Gasteiger partial charge is 0.339 e. The second-order valence-electron chi connectivity index (χ2n) is 3.19. The van der Waals surface area contributed by atoms with Crippen LogP contribution in [0.25, 0.3) is 0 Å². The second-order valence-corrected chi connectivity index (χ2v) is 4.10. The Morgan fingerprint density at radius 3 is 2.64 bits per heavy atom. The van der Waals surface area contributed by atoms with Crippen molar-refractivity contribution in [1.82, 2.24) is 0 Å². The Hall–Kier alpha value is -1.16. The summed E-state index contributed by atoms with van der Waals surface area (Å²) in [6.45, 7) is 3.89. The van der Waals surface area contributed by atoms with Crippen molar-refractivity contribution in [1.29, 1.82) is 0 Å². The van der Waals surface area contributed by atoms with Crippen molar-refractivity contribution < 1.29 is 14.3 Å². The first-order chi connectivity index (χ1) is 6.61. The third kappa shape index (κ3) is 1.85. The Balaban J connectivity index is 3.24. The van der Waals surface area contributed by atoms with Crippen LogP contribution in [0, 0.1) is 0 Å². The van der Waals surface area contributed by atoms with Gasteiger partial charge in [0.15, 0.2) is 6.29 Å². The number of hydrogen-bond donors (Lipinski definition) is 0. The monoisotopic (exact) mass is 212 g/mol. The van der Waals surface area contributed by atoms with E-state index in [1.807, 2.05) is 13.8 Å². The largest absolute Gasteiger partial charge is 0.465 e. The predicted octanol–water partition coefficient (Wildman–Crippen LogP) is 2.47. The van der Waals surface area contributed by atoms with E-state index in [0.29, 0.717) is 10.4 Å². The van der Waals surface area contributed by atoms with Crippen LogP contribution in [0.4, 0.5) is 0 Å². The van der Waals surface area contributed by atoms with Gasteiger partial charge in [-0.25, -0.2) is 4.79 Å². The van der Waals surface area contributed by atoms with E-state index in [1.165, 1.54) is 18.4 Å². The number of carbonyl (C=O) groups is 2. The molecule has 0 bridgehead atoms. The topological polar surface area (TPSA) is 43.4 Å². The Morgan fingerprint density at radius 1 is 1.57 bits per heavy atom. The third-order valence-corrected chi connectivity index (χ3v) is 2.87. The molecule has 0 aromatic carbocycles. The maximum Gasteiger partial charge on any atom is 0.339 e. The number of carbonyl (C=O) groups excluding carboxylic acids is 2. The first kappa shape index (κ1) is 10.9. The Bertz CT molecular complexity index is 352. The van der Waals surface area contributed by atoms with Crippen molar-refractivity contribution >= 4 is 23.6 Å². The van der Waals surface area contributed by atoms with Gasteiger partial charge in [0.05, 0.1) is 17.6 Å². The van der Waals surface area contributed by atoms with Gasteiger partial charge in [0.2, 0.25) is 0 Å². The molecule has 1 aromatic heterocycles. The Labute approximate surface area is 86.7 Å². The second kappa shape index (κ2) is 4.37. The molecule has 76 valence electrons. The molecule has 14 heavy (non-hydrogen) atoms. The zero-order chi connectivity index (χ0) is 10.7. The van der Waals surface area contributed by atoms with Gasteiger partial charge in [-0.2, -0.15) is 0 Å². The molecule has 0 unspecified atom stereocenters. The van der Waals surface area contributed by atoms with E-state index in [1.54, 1.807) is 5.38 Å². The Kier molecular flexibility index (Phi) is 3.41. The summed E-state index contributed by atoms with van der Waals surface area (Å²) in [5.41, 5.74) is 1.30. The fraction of sp³-hybridized carbons (Fsp3) is 0.400. The lowest BCUT2D eigenvalue weighted by Crippen LogP contribution is -2.05. The number of thiophene rings is 1. The molecule has 4 heteroatoms. The summed E-state index contributed by atoms with van der Waals surface area (Å²) in [5, 5.41) is 1.67. The van der Waals surface area contributed by atoms with Crippen LogP contribution in [0.2, 0.25) is 0 Å². The van der Waals surface area contributed by atoms with E-state index < -0.39 is 0 Å². The van der Waals surface area contributed by atoms with Crippen LogP contribution in [0.15, 0.2) is 5.38 Å². The van der Waals surface area contributed by atoms with Crippen molar-refractivity contribution in [2.45, 2.75) is 19.8 Å². The molecule has 0 amide bonds. The molecule has 0 aliphatic heterocycles. The van der Waals surface area contributed by atoms with Gasteiger partial charge in [0, 0.05) is 5.38 Å². The first-order valence-electron chi connectivity index (χ1n) is 4.26. The highest BCUT2D eigenvalue weighted by Gasteiger charge is 2.19. The minimum absolute atomic E-state index is 0.149. The predicted molar refractivity (Wildman–Crippen MR) is 55.1 cm³/mol. The van der Waals surface area contributed by atoms with Crippen LogP contribution < -0.4 is 0 Å². The van der Waals surface area contributed by atoms with Gasteiger partial charge in [0.25, 0.3) is 0 Å². The highest BCUT2D eigenvalue weighted by molar-refractivity contribution is 7.12. The summed E-state index contributed by atoms with van der Waals surface area (Å²) in [6, 6.07) is 0. The lowest BCUT2D eigenvalue weighted by atomic mass is 9.99.